The summed E-state index contributed by atoms with van der Waals surface area (Å²) in [7, 11) is 0. The van der Waals surface area contributed by atoms with E-state index in [0.29, 0.717) is 0 Å². The van der Waals surface area contributed by atoms with Gasteiger partial charge >= 0.3 is 0 Å². The Hall–Kier alpha value is -0.580. The first-order valence-corrected chi connectivity index (χ1v) is 4.71. The van der Waals surface area contributed by atoms with E-state index >= 15 is 0 Å². The van der Waals surface area contributed by atoms with Crippen molar-refractivity contribution in [1.29, 1.82) is 0 Å². The van der Waals surface area contributed by atoms with E-state index in [0.717, 1.165) is 21.2 Å². The van der Waals surface area contributed by atoms with Crippen molar-refractivity contribution < 1.29 is 10.3 Å². The first kappa shape index (κ1) is 10.5. The number of halogens is 1. The lowest BCUT2D eigenvalue weighted by Crippen LogP contribution is -2.08. The van der Waals surface area contributed by atoms with Crippen LogP contribution in [0.4, 0.5) is 0 Å². The Labute approximate surface area is 85.5 Å². The maximum atomic E-state index is 9.66. The third kappa shape index (κ3) is 2.02. The number of hydrogen-bond donors (Lipinski definition) is 3. The van der Waals surface area contributed by atoms with Gasteiger partial charge in [0, 0.05) is 16.6 Å². The minimum atomic E-state index is 0.238. The summed E-state index contributed by atoms with van der Waals surface area (Å²) < 4.78 is 0.938. The highest BCUT2D eigenvalue weighted by atomic mass is 79.9. The molecule has 1 aromatic carbocycles. The molecule has 0 atom stereocenters. The molecule has 0 spiro atoms. The lowest BCUT2D eigenvalue weighted by molar-refractivity contribution is 0.160. The second-order valence-corrected chi connectivity index (χ2v) is 3.82. The molecular formula is C9H12BrNO2. The lowest BCUT2D eigenvalue weighted by Gasteiger charge is -2.11. The molecule has 0 unspecified atom stereocenters. The predicted octanol–water partition coefficient (Wildman–Crippen LogP) is 2.25. The molecule has 0 amide bonds. The number of phenolic OH excluding ortho intramolecular Hbond substituents is 1. The molecule has 3 nitrogen and oxygen atoms in total. The van der Waals surface area contributed by atoms with E-state index < -0.39 is 0 Å². The summed E-state index contributed by atoms with van der Waals surface area (Å²) in [5.74, 6) is 0.238. The van der Waals surface area contributed by atoms with Gasteiger partial charge in [-0.25, -0.2) is 5.48 Å². The third-order valence-corrected chi connectivity index (χ3v) is 2.89. The first-order chi connectivity index (χ1) is 6.07. The number of aromatic hydroxyl groups is 1. The van der Waals surface area contributed by atoms with Crippen LogP contribution in [-0.2, 0) is 6.54 Å². The van der Waals surface area contributed by atoms with Crippen LogP contribution in [0, 0.1) is 13.8 Å². The van der Waals surface area contributed by atoms with Crippen molar-refractivity contribution in [3.8, 4) is 5.75 Å². The SMILES string of the molecule is Cc1cc(Br)c(C)c(CNO)c1O. The molecule has 1 rings (SSSR count). The van der Waals surface area contributed by atoms with Crippen molar-refractivity contribution in [2.75, 3.05) is 0 Å². The van der Waals surface area contributed by atoms with E-state index in [1.54, 1.807) is 0 Å². The Morgan fingerprint density at radius 2 is 2.08 bits per heavy atom. The van der Waals surface area contributed by atoms with E-state index in [9.17, 15) is 5.11 Å². The van der Waals surface area contributed by atoms with E-state index in [1.165, 1.54) is 0 Å². The zero-order chi connectivity index (χ0) is 10.0. The molecule has 0 aliphatic heterocycles. The number of phenols is 1. The molecule has 3 N–H and O–H groups in total. The van der Waals surface area contributed by atoms with Crippen molar-refractivity contribution in [1.82, 2.24) is 5.48 Å². The van der Waals surface area contributed by atoms with Crippen LogP contribution in [0.1, 0.15) is 16.7 Å². The molecule has 0 fully saturated rings. The van der Waals surface area contributed by atoms with Gasteiger partial charge in [0.25, 0.3) is 0 Å². The van der Waals surface area contributed by atoms with Gasteiger partial charge in [-0.2, -0.15) is 0 Å². The fourth-order valence-electron chi connectivity index (χ4n) is 1.22. The van der Waals surface area contributed by atoms with Gasteiger partial charge in [-0.05, 0) is 31.0 Å². The summed E-state index contributed by atoms with van der Waals surface area (Å²) in [6.45, 7) is 3.95. The summed E-state index contributed by atoms with van der Waals surface area (Å²) in [6.07, 6.45) is 0. The maximum absolute atomic E-state index is 9.66. The molecule has 13 heavy (non-hydrogen) atoms. The Balaban J connectivity index is 3.28. The standard InChI is InChI=1S/C9H12BrNO2/c1-5-3-8(10)6(2)7(4-11-13)9(5)12/h3,11-13H,4H2,1-2H3. The molecule has 0 heterocycles. The summed E-state index contributed by atoms with van der Waals surface area (Å²) in [4.78, 5) is 0. The summed E-state index contributed by atoms with van der Waals surface area (Å²) in [6, 6.07) is 1.85. The fourth-order valence-corrected chi connectivity index (χ4v) is 1.80. The normalized spacial score (nSPS) is 10.5. The molecule has 72 valence electrons. The number of rotatable bonds is 2. The number of benzene rings is 1. The maximum Gasteiger partial charge on any atom is 0.123 e. The van der Waals surface area contributed by atoms with Gasteiger partial charge in [-0.1, -0.05) is 15.9 Å². The zero-order valence-corrected chi connectivity index (χ0v) is 9.14. The Morgan fingerprint density at radius 3 is 2.62 bits per heavy atom. The molecular weight excluding hydrogens is 234 g/mol. The summed E-state index contributed by atoms with van der Waals surface area (Å²) in [5.41, 5.74) is 4.49. The van der Waals surface area contributed by atoms with Gasteiger partial charge in [0.15, 0.2) is 0 Å². The van der Waals surface area contributed by atoms with Gasteiger partial charge in [0.1, 0.15) is 5.75 Å². The monoisotopic (exact) mass is 245 g/mol. The highest BCUT2D eigenvalue weighted by Crippen LogP contribution is 2.30. The van der Waals surface area contributed by atoms with Gasteiger partial charge in [-0.3, -0.25) is 0 Å². The molecule has 0 saturated heterocycles. The quantitative estimate of drug-likeness (QED) is 0.701. The molecule has 4 heteroatoms. The molecule has 1 aromatic rings. The molecule has 0 radical (unpaired) electrons. The number of hydroxylamine groups is 1. The second kappa shape index (κ2) is 4.09. The van der Waals surface area contributed by atoms with Gasteiger partial charge in [-0.15, -0.1) is 0 Å². The van der Waals surface area contributed by atoms with E-state index in [4.69, 9.17) is 5.21 Å². The average Bonchev–Trinajstić information content (AvgIpc) is 2.09. The van der Waals surface area contributed by atoms with Crippen molar-refractivity contribution in [3.63, 3.8) is 0 Å². The fraction of sp³-hybridized carbons (Fsp3) is 0.333. The third-order valence-electron chi connectivity index (χ3n) is 2.07. The summed E-state index contributed by atoms with van der Waals surface area (Å²) >= 11 is 3.38. The highest BCUT2D eigenvalue weighted by molar-refractivity contribution is 9.10. The Bertz CT molecular complexity index is 300. The first-order valence-electron chi connectivity index (χ1n) is 3.92. The molecule has 0 saturated carbocycles. The minimum absolute atomic E-state index is 0.238. The molecule has 0 aliphatic rings. The number of hydrogen-bond acceptors (Lipinski definition) is 3. The van der Waals surface area contributed by atoms with Gasteiger partial charge < -0.3 is 10.3 Å². The van der Waals surface area contributed by atoms with Gasteiger partial charge in [0.05, 0.1) is 0 Å². The van der Waals surface area contributed by atoms with Crippen molar-refractivity contribution in [2.24, 2.45) is 0 Å². The number of nitrogens with one attached hydrogen (secondary N) is 1. The smallest absolute Gasteiger partial charge is 0.123 e. The van der Waals surface area contributed by atoms with Crippen LogP contribution >= 0.6 is 15.9 Å². The molecule has 0 aromatic heterocycles. The minimum Gasteiger partial charge on any atom is -0.507 e. The highest BCUT2D eigenvalue weighted by Gasteiger charge is 2.10. The van der Waals surface area contributed by atoms with Crippen molar-refractivity contribution in [2.45, 2.75) is 20.4 Å². The molecule has 0 aliphatic carbocycles. The van der Waals surface area contributed by atoms with E-state index in [1.807, 2.05) is 25.4 Å². The largest absolute Gasteiger partial charge is 0.507 e. The zero-order valence-electron chi connectivity index (χ0n) is 7.56. The van der Waals surface area contributed by atoms with Crippen LogP contribution in [-0.4, -0.2) is 10.3 Å². The second-order valence-electron chi connectivity index (χ2n) is 2.96. The Morgan fingerprint density at radius 1 is 1.46 bits per heavy atom. The summed E-state index contributed by atoms with van der Waals surface area (Å²) in [5, 5.41) is 18.2. The van der Waals surface area contributed by atoms with Crippen LogP contribution in [0.5, 0.6) is 5.75 Å². The van der Waals surface area contributed by atoms with Crippen LogP contribution in [0.2, 0.25) is 0 Å². The van der Waals surface area contributed by atoms with Crippen LogP contribution in [0.25, 0.3) is 0 Å². The Kier molecular flexibility index (Phi) is 3.30. The number of aryl methyl sites for hydroxylation is 1. The van der Waals surface area contributed by atoms with E-state index in [-0.39, 0.29) is 12.3 Å². The van der Waals surface area contributed by atoms with Crippen molar-refractivity contribution >= 4 is 15.9 Å². The predicted molar refractivity (Wildman–Crippen MR) is 53.9 cm³/mol. The van der Waals surface area contributed by atoms with Crippen LogP contribution in [0.15, 0.2) is 10.5 Å². The van der Waals surface area contributed by atoms with E-state index in [2.05, 4.69) is 15.9 Å². The van der Waals surface area contributed by atoms with Crippen LogP contribution < -0.4 is 5.48 Å². The topological polar surface area (TPSA) is 52.5 Å². The van der Waals surface area contributed by atoms with Crippen molar-refractivity contribution in [3.05, 3.63) is 27.2 Å². The molecule has 0 bridgehead atoms. The average molecular weight is 246 g/mol. The van der Waals surface area contributed by atoms with Gasteiger partial charge in [0.2, 0.25) is 0 Å². The van der Waals surface area contributed by atoms with Crippen LogP contribution in [0.3, 0.4) is 0 Å². The lowest BCUT2D eigenvalue weighted by atomic mass is 10.0.